The smallest absolute Gasteiger partial charge is 0.306 e. The van der Waals surface area contributed by atoms with Crippen LogP contribution in [0.25, 0.3) is 0 Å². The van der Waals surface area contributed by atoms with Gasteiger partial charge < -0.3 is 10.2 Å². The number of aryl methyl sites for hydroxylation is 1. The van der Waals surface area contributed by atoms with Crippen LogP contribution in [-0.2, 0) is 10.0 Å². The van der Waals surface area contributed by atoms with Crippen LogP contribution in [0.15, 0.2) is 17.0 Å². The van der Waals surface area contributed by atoms with Gasteiger partial charge in [-0.2, -0.15) is 8.70 Å². The Hall–Kier alpha value is -1.62. The summed E-state index contributed by atoms with van der Waals surface area (Å²) >= 11 is 0. The van der Waals surface area contributed by atoms with Crippen LogP contribution >= 0.6 is 0 Å². The van der Waals surface area contributed by atoms with Gasteiger partial charge in [0.1, 0.15) is 0 Å². The first kappa shape index (κ1) is 17.4. The minimum atomic E-state index is -4.18. The summed E-state index contributed by atoms with van der Waals surface area (Å²) in [4.78, 5) is 9.28. The van der Waals surface area contributed by atoms with E-state index in [1.165, 1.54) is 6.92 Å². The van der Waals surface area contributed by atoms with Crippen molar-refractivity contribution in [2.45, 2.75) is 11.8 Å². The molecule has 1 aromatic rings. The van der Waals surface area contributed by atoms with Crippen molar-refractivity contribution in [3.8, 4) is 0 Å². The highest BCUT2D eigenvalue weighted by Gasteiger charge is 2.28. The Morgan fingerprint density at radius 1 is 1.29 bits per heavy atom. The van der Waals surface area contributed by atoms with E-state index in [2.05, 4.69) is 0 Å². The number of sulfonamides is 1. The van der Waals surface area contributed by atoms with E-state index in [9.17, 15) is 22.9 Å². The SMILES string of the molecule is Cc1cc(S(=O)(=O)N(CCO)CCO)cc([N+](=O)[O-])c1F. The number of aliphatic hydroxyl groups is 2. The third kappa shape index (κ3) is 3.73. The Morgan fingerprint density at radius 2 is 1.81 bits per heavy atom. The fraction of sp³-hybridized carbons (Fsp3) is 0.455. The first-order valence-corrected chi connectivity index (χ1v) is 7.36. The van der Waals surface area contributed by atoms with E-state index in [4.69, 9.17) is 10.2 Å². The summed E-state index contributed by atoms with van der Waals surface area (Å²) in [6.07, 6.45) is 0. The lowest BCUT2D eigenvalue weighted by Gasteiger charge is -2.20. The summed E-state index contributed by atoms with van der Waals surface area (Å²) < 4.78 is 39.0. The Balaban J connectivity index is 3.40. The van der Waals surface area contributed by atoms with E-state index in [1.807, 2.05) is 0 Å². The zero-order valence-electron chi connectivity index (χ0n) is 11.2. The molecule has 21 heavy (non-hydrogen) atoms. The van der Waals surface area contributed by atoms with Gasteiger partial charge in [0.15, 0.2) is 0 Å². The first-order chi connectivity index (χ1) is 9.75. The Bertz CT molecular complexity index is 628. The van der Waals surface area contributed by atoms with Crippen molar-refractivity contribution in [2.75, 3.05) is 26.3 Å². The molecule has 0 saturated heterocycles. The second-order valence-corrected chi connectivity index (χ2v) is 6.12. The van der Waals surface area contributed by atoms with Crippen LogP contribution in [0.1, 0.15) is 5.56 Å². The predicted molar refractivity (Wildman–Crippen MR) is 70.7 cm³/mol. The van der Waals surface area contributed by atoms with Crippen molar-refractivity contribution in [2.24, 2.45) is 0 Å². The molecule has 0 heterocycles. The average molecular weight is 322 g/mol. The molecule has 0 aliphatic carbocycles. The highest BCUT2D eigenvalue weighted by atomic mass is 32.2. The lowest BCUT2D eigenvalue weighted by Crippen LogP contribution is -2.36. The topological polar surface area (TPSA) is 121 Å². The molecule has 1 rings (SSSR count). The molecular formula is C11H15FN2O6S. The third-order valence-electron chi connectivity index (χ3n) is 2.74. The molecule has 0 radical (unpaired) electrons. The van der Waals surface area contributed by atoms with E-state index >= 15 is 0 Å². The highest BCUT2D eigenvalue weighted by Crippen LogP contribution is 2.26. The van der Waals surface area contributed by atoms with Crippen molar-refractivity contribution in [3.63, 3.8) is 0 Å². The van der Waals surface area contributed by atoms with Crippen LogP contribution < -0.4 is 0 Å². The minimum absolute atomic E-state index is 0.185. The molecule has 0 fully saturated rings. The van der Waals surface area contributed by atoms with E-state index < -0.39 is 44.6 Å². The zero-order chi connectivity index (χ0) is 16.2. The second-order valence-electron chi connectivity index (χ2n) is 4.18. The van der Waals surface area contributed by atoms with Crippen molar-refractivity contribution in [1.82, 2.24) is 4.31 Å². The molecule has 10 heteroatoms. The average Bonchev–Trinajstić information content (AvgIpc) is 2.40. The first-order valence-electron chi connectivity index (χ1n) is 5.92. The van der Waals surface area contributed by atoms with Gasteiger partial charge in [0.2, 0.25) is 15.8 Å². The maximum Gasteiger partial charge on any atom is 0.306 e. The van der Waals surface area contributed by atoms with Gasteiger partial charge in [-0.15, -0.1) is 0 Å². The summed E-state index contributed by atoms with van der Waals surface area (Å²) in [5.41, 5.74) is -1.13. The fourth-order valence-corrected chi connectivity index (χ4v) is 3.25. The predicted octanol–water partition coefficient (Wildman–Crippen LogP) is 0.0176. The maximum atomic E-state index is 13.6. The van der Waals surface area contributed by atoms with Gasteiger partial charge in [0, 0.05) is 19.2 Å². The third-order valence-corrected chi connectivity index (χ3v) is 4.62. The number of nitro benzene ring substituents is 1. The minimum Gasteiger partial charge on any atom is -0.395 e. The zero-order valence-corrected chi connectivity index (χ0v) is 12.0. The number of hydrogen-bond acceptors (Lipinski definition) is 6. The van der Waals surface area contributed by atoms with Crippen molar-refractivity contribution in [1.29, 1.82) is 0 Å². The van der Waals surface area contributed by atoms with Gasteiger partial charge in [0.05, 0.1) is 23.0 Å². The lowest BCUT2D eigenvalue weighted by molar-refractivity contribution is -0.387. The molecule has 0 aromatic heterocycles. The Labute approximate surface area is 120 Å². The number of aliphatic hydroxyl groups excluding tert-OH is 2. The standard InChI is InChI=1S/C11H15FN2O6S/c1-8-6-9(7-10(11(8)12)14(17)18)21(19,20)13(2-4-15)3-5-16/h6-7,15-16H,2-5H2,1H3. The molecule has 8 nitrogen and oxygen atoms in total. The number of halogens is 1. The van der Waals surface area contributed by atoms with Gasteiger partial charge in [-0.05, 0) is 18.6 Å². The summed E-state index contributed by atoms with van der Waals surface area (Å²) in [5.74, 6) is -1.10. The van der Waals surface area contributed by atoms with Crippen molar-refractivity contribution < 1.29 is 27.9 Å². The summed E-state index contributed by atoms with van der Waals surface area (Å²) in [6, 6.07) is 1.60. The summed E-state index contributed by atoms with van der Waals surface area (Å²) in [5, 5.41) is 28.5. The molecule has 0 saturated carbocycles. The molecule has 2 N–H and O–H groups in total. The normalized spacial score (nSPS) is 11.9. The second kappa shape index (κ2) is 6.89. The van der Waals surface area contributed by atoms with Crippen LogP contribution in [-0.4, -0.2) is 54.2 Å². The van der Waals surface area contributed by atoms with Gasteiger partial charge >= 0.3 is 5.69 Å². The highest BCUT2D eigenvalue weighted by molar-refractivity contribution is 7.89. The molecule has 1 aromatic carbocycles. The van der Waals surface area contributed by atoms with Gasteiger partial charge in [-0.1, -0.05) is 0 Å². The van der Waals surface area contributed by atoms with Gasteiger partial charge in [-0.25, -0.2) is 8.42 Å². The van der Waals surface area contributed by atoms with Crippen LogP contribution in [0.4, 0.5) is 10.1 Å². The Morgan fingerprint density at radius 3 is 2.24 bits per heavy atom. The molecule has 0 amide bonds. The number of hydrogen-bond donors (Lipinski definition) is 2. The number of benzene rings is 1. The van der Waals surface area contributed by atoms with E-state index in [0.717, 1.165) is 10.4 Å². The van der Waals surface area contributed by atoms with Crippen LogP contribution in [0.5, 0.6) is 0 Å². The molecule has 0 aliphatic rings. The monoisotopic (exact) mass is 322 g/mol. The lowest BCUT2D eigenvalue weighted by atomic mass is 10.2. The van der Waals surface area contributed by atoms with E-state index in [-0.39, 0.29) is 18.7 Å². The summed E-state index contributed by atoms with van der Waals surface area (Å²) in [6.45, 7) is -0.326. The van der Waals surface area contributed by atoms with Gasteiger partial charge in [0.25, 0.3) is 0 Å². The molecule has 0 bridgehead atoms. The quantitative estimate of drug-likeness (QED) is 0.539. The van der Waals surface area contributed by atoms with E-state index in [1.54, 1.807) is 0 Å². The number of nitrogens with zero attached hydrogens (tertiary/aromatic N) is 2. The summed E-state index contributed by atoms with van der Waals surface area (Å²) in [7, 11) is -4.18. The number of nitro groups is 1. The fourth-order valence-electron chi connectivity index (χ4n) is 1.72. The number of rotatable bonds is 7. The van der Waals surface area contributed by atoms with E-state index in [0.29, 0.717) is 6.07 Å². The van der Waals surface area contributed by atoms with Crippen molar-refractivity contribution in [3.05, 3.63) is 33.6 Å². The molecular weight excluding hydrogens is 307 g/mol. The molecule has 118 valence electrons. The van der Waals surface area contributed by atoms with Crippen LogP contribution in [0, 0.1) is 22.9 Å². The molecule has 0 spiro atoms. The van der Waals surface area contributed by atoms with Crippen LogP contribution in [0.3, 0.4) is 0 Å². The largest absolute Gasteiger partial charge is 0.395 e. The Kier molecular flexibility index (Phi) is 5.72. The maximum absolute atomic E-state index is 13.6. The van der Waals surface area contributed by atoms with Crippen molar-refractivity contribution >= 4 is 15.7 Å². The molecule has 0 atom stereocenters. The van der Waals surface area contributed by atoms with Gasteiger partial charge in [-0.3, -0.25) is 10.1 Å². The van der Waals surface area contributed by atoms with Crippen LogP contribution in [0.2, 0.25) is 0 Å². The molecule has 0 unspecified atom stereocenters. The molecule has 0 aliphatic heterocycles.